The van der Waals surface area contributed by atoms with Crippen molar-refractivity contribution in [3.05, 3.63) is 63.7 Å². The summed E-state index contributed by atoms with van der Waals surface area (Å²) in [7, 11) is 0. The van der Waals surface area contributed by atoms with E-state index in [1.54, 1.807) is 28.0 Å². The van der Waals surface area contributed by atoms with Crippen LogP contribution in [0.4, 0.5) is 17.1 Å². The lowest BCUT2D eigenvalue weighted by Gasteiger charge is -2.36. The van der Waals surface area contributed by atoms with Crippen LogP contribution in [-0.4, -0.2) is 54.4 Å². The van der Waals surface area contributed by atoms with Crippen LogP contribution in [0.15, 0.2) is 42.5 Å². The average molecular weight is 422 g/mol. The zero-order valence-corrected chi connectivity index (χ0v) is 17.8. The predicted octanol–water partition coefficient (Wildman–Crippen LogP) is 2.91. The molecule has 2 heterocycles. The Morgan fingerprint density at radius 2 is 1.68 bits per heavy atom. The lowest BCUT2D eigenvalue weighted by Crippen LogP contribution is -2.50. The van der Waals surface area contributed by atoms with E-state index < -0.39 is 0 Å². The van der Waals surface area contributed by atoms with Crippen molar-refractivity contribution in [2.75, 3.05) is 42.5 Å². The van der Waals surface area contributed by atoms with Crippen molar-refractivity contribution in [3.63, 3.8) is 0 Å². The van der Waals surface area contributed by atoms with Crippen molar-refractivity contribution in [1.82, 2.24) is 4.90 Å². The predicted molar refractivity (Wildman–Crippen MR) is 118 cm³/mol. The minimum atomic E-state index is -0.376. The Labute approximate surface area is 181 Å². The van der Waals surface area contributed by atoms with Gasteiger partial charge in [-0.05, 0) is 37.1 Å². The van der Waals surface area contributed by atoms with E-state index in [0.717, 1.165) is 16.8 Å². The van der Waals surface area contributed by atoms with Crippen LogP contribution in [-0.2, 0) is 9.59 Å². The third-order valence-corrected chi connectivity index (χ3v) is 6.35. The van der Waals surface area contributed by atoms with E-state index in [2.05, 4.69) is 0 Å². The molecule has 0 spiro atoms. The van der Waals surface area contributed by atoms with Gasteiger partial charge < -0.3 is 14.7 Å². The fourth-order valence-electron chi connectivity index (χ4n) is 4.45. The maximum Gasteiger partial charge on any atom is 0.292 e. The smallest absolute Gasteiger partial charge is 0.292 e. The van der Waals surface area contributed by atoms with Gasteiger partial charge in [0, 0.05) is 50.9 Å². The minimum absolute atomic E-state index is 0.0108. The molecule has 0 aromatic heterocycles. The molecule has 8 nitrogen and oxygen atoms in total. The number of piperazine rings is 1. The van der Waals surface area contributed by atoms with Gasteiger partial charge in [0.1, 0.15) is 5.69 Å². The van der Waals surface area contributed by atoms with Crippen molar-refractivity contribution < 1.29 is 14.5 Å². The second-order valence-electron chi connectivity index (χ2n) is 8.18. The summed E-state index contributed by atoms with van der Waals surface area (Å²) >= 11 is 0. The fourth-order valence-corrected chi connectivity index (χ4v) is 4.45. The monoisotopic (exact) mass is 422 g/mol. The quantitative estimate of drug-likeness (QED) is 0.559. The number of carbonyl (C=O) groups excluding carboxylic acids is 2. The van der Waals surface area contributed by atoms with Gasteiger partial charge in [-0.25, -0.2) is 0 Å². The van der Waals surface area contributed by atoms with Crippen LogP contribution >= 0.6 is 0 Å². The Morgan fingerprint density at radius 3 is 2.39 bits per heavy atom. The highest BCUT2D eigenvalue weighted by atomic mass is 16.6. The van der Waals surface area contributed by atoms with Gasteiger partial charge in [-0.1, -0.05) is 24.3 Å². The SMILES string of the molecule is Cc1cccc(N2CC(C(=O)N3CCN(c4ccccc4[N+](=O)[O-])CC3)CC2=O)c1C. The molecule has 31 heavy (non-hydrogen) atoms. The zero-order valence-electron chi connectivity index (χ0n) is 17.8. The fraction of sp³-hybridized carbons (Fsp3) is 0.391. The molecule has 2 fully saturated rings. The molecule has 0 aliphatic carbocycles. The number of benzene rings is 2. The molecule has 0 bridgehead atoms. The van der Waals surface area contributed by atoms with E-state index in [-0.39, 0.29) is 34.8 Å². The number of rotatable bonds is 4. The number of hydrogen-bond donors (Lipinski definition) is 0. The highest BCUT2D eigenvalue weighted by Gasteiger charge is 2.38. The van der Waals surface area contributed by atoms with Gasteiger partial charge in [-0.2, -0.15) is 0 Å². The van der Waals surface area contributed by atoms with Gasteiger partial charge in [0.15, 0.2) is 0 Å². The third-order valence-electron chi connectivity index (χ3n) is 6.35. The van der Waals surface area contributed by atoms with E-state index in [0.29, 0.717) is 38.4 Å². The molecule has 0 saturated carbocycles. The molecule has 2 amide bonds. The van der Waals surface area contributed by atoms with Crippen LogP contribution < -0.4 is 9.80 Å². The minimum Gasteiger partial charge on any atom is -0.362 e. The molecular formula is C23H26N4O4. The van der Waals surface area contributed by atoms with E-state index in [9.17, 15) is 19.7 Å². The molecule has 2 aliphatic heterocycles. The number of nitrogens with zero attached hydrogens (tertiary/aromatic N) is 4. The van der Waals surface area contributed by atoms with Crippen molar-refractivity contribution in [2.45, 2.75) is 20.3 Å². The van der Waals surface area contributed by atoms with Crippen molar-refractivity contribution in [1.29, 1.82) is 0 Å². The maximum absolute atomic E-state index is 13.1. The number of para-hydroxylation sites is 2. The first-order chi connectivity index (χ1) is 14.9. The van der Waals surface area contributed by atoms with Crippen LogP contribution in [0, 0.1) is 29.9 Å². The summed E-state index contributed by atoms with van der Waals surface area (Å²) in [6, 6.07) is 12.6. The van der Waals surface area contributed by atoms with Crippen molar-refractivity contribution in [3.8, 4) is 0 Å². The Hall–Kier alpha value is -3.42. The Bertz CT molecular complexity index is 1030. The van der Waals surface area contributed by atoms with Gasteiger partial charge in [0.05, 0.1) is 10.8 Å². The first-order valence-electron chi connectivity index (χ1n) is 10.5. The normalized spacial score (nSPS) is 19.1. The number of carbonyl (C=O) groups is 2. The van der Waals surface area contributed by atoms with E-state index in [4.69, 9.17) is 0 Å². The second-order valence-corrected chi connectivity index (χ2v) is 8.18. The number of aryl methyl sites for hydroxylation is 1. The molecule has 1 unspecified atom stereocenters. The van der Waals surface area contributed by atoms with Crippen LogP contribution in [0.3, 0.4) is 0 Å². The third kappa shape index (κ3) is 3.97. The lowest BCUT2D eigenvalue weighted by atomic mass is 10.1. The largest absolute Gasteiger partial charge is 0.362 e. The number of nitro groups is 1. The second kappa shape index (κ2) is 8.37. The molecule has 0 N–H and O–H groups in total. The standard InChI is InChI=1S/C23H26N4O4/c1-16-6-5-9-19(17(16)2)26-15-18(14-22(26)28)23(29)25-12-10-24(11-13-25)20-7-3-4-8-21(20)27(30)31/h3-9,18H,10-15H2,1-2H3. The Kier molecular flexibility index (Phi) is 5.63. The summed E-state index contributed by atoms with van der Waals surface area (Å²) in [6.45, 7) is 6.42. The van der Waals surface area contributed by atoms with Gasteiger partial charge >= 0.3 is 0 Å². The van der Waals surface area contributed by atoms with Gasteiger partial charge in [0.2, 0.25) is 11.8 Å². The topological polar surface area (TPSA) is 87.0 Å². The van der Waals surface area contributed by atoms with E-state index >= 15 is 0 Å². The Balaban J connectivity index is 1.41. The molecule has 2 aliphatic rings. The maximum atomic E-state index is 13.1. The average Bonchev–Trinajstić information content (AvgIpc) is 3.16. The van der Waals surface area contributed by atoms with Gasteiger partial charge in [-0.15, -0.1) is 0 Å². The molecule has 2 saturated heterocycles. The number of anilines is 2. The van der Waals surface area contributed by atoms with Crippen molar-refractivity contribution >= 4 is 28.9 Å². The van der Waals surface area contributed by atoms with Crippen LogP contribution in [0.2, 0.25) is 0 Å². The highest BCUT2D eigenvalue weighted by molar-refractivity contribution is 6.01. The van der Waals surface area contributed by atoms with Crippen LogP contribution in [0.25, 0.3) is 0 Å². The summed E-state index contributed by atoms with van der Waals surface area (Å²) < 4.78 is 0. The molecule has 2 aromatic carbocycles. The van der Waals surface area contributed by atoms with E-state index in [1.165, 1.54) is 6.07 Å². The summed E-state index contributed by atoms with van der Waals surface area (Å²) in [5.41, 5.74) is 3.71. The molecule has 4 rings (SSSR count). The number of hydrogen-bond acceptors (Lipinski definition) is 5. The zero-order chi connectivity index (χ0) is 22.1. The number of amides is 2. The summed E-state index contributed by atoms with van der Waals surface area (Å²) in [5, 5.41) is 11.3. The van der Waals surface area contributed by atoms with Gasteiger partial charge in [0.25, 0.3) is 5.69 Å². The first kappa shape index (κ1) is 20.8. The van der Waals surface area contributed by atoms with Crippen LogP contribution in [0.1, 0.15) is 17.5 Å². The molecule has 0 radical (unpaired) electrons. The Morgan fingerprint density at radius 1 is 1.00 bits per heavy atom. The van der Waals surface area contributed by atoms with Crippen molar-refractivity contribution in [2.24, 2.45) is 5.92 Å². The van der Waals surface area contributed by atoms with Gasteiger partial charge in [-0.3, -0.25) is 19.7 Å². The molecule has 162 valence electrons. The highest BCUT2D eigenvalue weighted by Crippen LogP contribution is 2.31. The summed E-state index contributed by atoms with van der Waals surface area (Å²) in [6.07, 6.45) is 0.219. The molecule has 8 heteroatoms. The lowest BCUT2D eigenvalue weighted by molar-refractivity contribution is -0.384. The summed E-state index contributed by atoms with van der Waals surface area (Å²) in [4.78, 5) is 42.2. The van der Waals surface area contributed by atoms with Crippen LogP contribution in [0.5, 0.6) is 0 Å². The first-order valence-corrected chi connectivity index (χ1v) is 10.5. The molecule has 1 atom stereocenters. The molecule has 2 aromatic rings. The number of nitro benzene ring substituents is 1. The summed E-state index contributed by atoms with van der Waals surface area (Å²) in [5.74, 6) is -0.390. The molecular weight excluding hydrogens is 396 g/mol. The van der Waals surface area contributed by atoms with E-state index in [1.807, 2.05) is 36.9 Å².